The molecule has 3 fully saturated rings. The highest BCUT2D eigenvalue weighted by molar-refractivity contribution is 5.88. The highest BCUT2D eigenvalue weighted by atomic mass is 16.5. The molecule has 0 aromatic carbocycles. The van der Waals surface area contributed by atoms with Crippen LogP contribution in [0.25, 0.3) is 0 Å². The van der Waals surface area contributed by atoms with Crippen molar-refractivity contribution in [3.05, 3.63) is 11.6 Å². The van der Waals surface area contributed by atoms with Crippen LogP contribution >= 0.6 is 0 Å². The third kappa shape index (κ3) is 2.33. The van der Waals surface area contributed by atoms with Crippen LogP contribution in [-0.2, 0) is 9.53 Å². The number of aliphatic hydroxyl groups is 2. The van der Waals surface area contributed by atoms with Gasteiger partial charge >= 0.3 is 0 Å². The Kier molecular flexibility index (Phi) is 4.47. The van der Waals surface area contributed by atoms with Crippen molar-refractivity contribution in [2.75, 3.05) is 6.61 Å². The van der Waals surface area contributed by atoms with Gasteiger partial charge in [-0.1, -0.05) is 25.5 Å². The molecule has 1 saturated heterocycles. The number of ketones is 1. The van der Waals surface area contributed by atoms with Crippen molar-refractivity contribution in [3.8, 4) is 0 Å². The quantitative estimate of drug-likeness (QED) is 0.778. The number of rotatable bonds is 3. The smallest absolute Gasteiger partial charge is 0.145 e. The van der Waals surface area contributed by atoms with Gasteiger partial charge in [0.1, 0.15) is 17.5 Å². The number of fused-ring (bicyclic) bond motifs is 2. The van der Waals surface area contributed by atoms with Gasteiger partial charge in [-0.15, -0.1) is 0 Å². The number of allylic oxidation sites excluding steroid dienone is 1. The number of carbonyl (C=O) groups is 1. The number of hydrogen-bond donors (Lipinski definition) is 2. The van der Waals surface area contributed by atoms with Crippen molar-refractivity contribution in [2.24, 2.45) is 29.6 Å². The molecule has 2 aliphatic carbocycles. The molecule has 0 amide bonds. The Labute approximate surface area is 145 Å². The first-order valence-corrected chi connectivity index (χ1v) is 9.36. The largest absolute Gasteiger partial charge is 0.396 e. The lowest BCUT2D eigenvalue weighted by Gasteiger charge is -2.49. The maximum absolute atomic E-state index is 13.4. The second kappa shape index (κ2) is 5.93. The Balaban J connectivity index is 2.11. The van der Waals surface area contributed by atoms with Gasteiger partial charge in [0.25, 0.3) is 0 Å². The van der Waals surface area contributed by atoms with E-state index in [0.29, 0.717) is 12.3 Å². The van der Waals surface area contributed by atoms with Crippen LogP contribution in [0.2, 0.25) is 0 Å². The molecular formula is C20H32O4. The van der Waals surface area contributed by atoms with Gasteiger partial charge in [0, 0.05) is 18.9 Å². The molecule has 3 rings (SSSR count). The summed E-state index contributed by atoms with van der Waals surface area (Å²) in [7, 11) is 0. The van der Waals surface area contributed by atoms with Crippen LogP contribution in [0, 0.1) is 29.6 Å². The van der Waals surface area contributed by atoms with Crippen LogP contribution in [-0.4, -0.2) is 39.9 Å². The topological polar surface area (TPSA) is 66.8 Å². The van der Waals surface area contributed by atoms with Gasteiger partial charge in [-0.2, -0.15) is 0 Å². The van der Waals surface area contributed by atoms with E-state index in [0.717, 1.165) is 18.4 Å². The van der Waals surface area contributed by atoms with Crippen LogP contribution in [0.3, 0.4) is 0 Å². The Morgan fingerprint density at radius 2 is 2.00 bits per heavy atom. The fourth-order valence-corrected chi connectivity index (χ4v) is 5.88. The summed E-state index contributed by atoms with van der Waals surface area (Å²) >= 11 is 0. The molecule has 0 aromatic rings. The Bertz CT molecular complexity index is 552. The standard InChI is InChI=1S/C20H32O4/c1-11(2)10-15-20(23)13(4)14-7-6-12(3)16(14)17(22)18(20)19(5,24-15)8-9-21/h10,12-16,18,21,23H,6-9H2,1-5H3/t12-,13-,14-,15+,16-,18+,19-,20-/m1/s1. The van der Waals surface area contributed by atoms with E-state index in [2.05, 4.69) is 13.8 Å². The Morgan fingerprint density at radius 3 is 2.58 bits per heavy atom. The number of hydrogen-bond acceptors (Lipinski definition) is 4. The summed E-state index contributed by atoms with van der Waals surface area (Å²) in [5.74, 6) is 0.242. The first kappa shape index (κ1) is 18.1. The van der Waals surface area contributed by atoms with E-state index in [1.165, 1.54) is 0 Å². The summed E-state index contributed by atoms with van der Waals surface area (Å²) in [6.45, 7) is 10.1. The van der Waals surface area contributed by atoms with Crippen molar-refractivity contribution < 1.29 is 19.7 Å². The minimum Gasteiger partial charge on any atom is -0.396 e. The van der Waals surface area contributed by atoms with Crippen molar-refractivity contribution in [1.82, 2.24) is 0 Å². The number of carbonyl (C=O) groups excluding carboxylic acids is 1. The summed E-state index contributed by atoms with van der Waals surface area (Å²) in [5, 5.41) is 21.3. The first-order valence-electron chi connectivity index (χ1n) is 9.36. The molecule has 2 saturated carbocycles. The molecular weight excluding hydrogens is 304 g/mol. The van der Waals surface area contributed by atoms with E-state index in [9.17, 15) is 15.0 Å². The molecule has 4 nitrogen and oxygen atoms in total. The fourth-order valence-electron chi connectivity index (χ4n) is 5.88. The maximum atomic E-state index is 13.4. The van der Waals surface area contributed by atoms with E-state index >= 15 is 0 Å². The predicted molar refractivity (Wildman–Crippen MR) is 92.4 cm³/mol. The second-order valence-electron chi connectivity index (χ2n) is 8.82. The normalized spacial score (nSPS) is 50.5. The average Bonchev–Trinajstić information content (AvgIpc) is 2.95. The van der Waals surface area contributed by atoms with Crippen LogP contribution in [0.4, 0.5) is 0 Å². The zero-order chi connectivity index (χ0) is 17.9. The molecule has 136 valence electrons. The van der Waals surface area contributed by atoms with Gasteiger partial charge in [0.05, 0.1) is 11.5 Å². The Hall–Kier alpha value is -0.710. The number of ether oxygens (including phenoxy) is 1. The van der Waals surface area contributed by atoms with Crippen LogP contribution < -0.4 is 0 Å². The second-order valence-corrected chi connectivity index (χ2v) is 8.82. The molecule has 2 N–H and O–H groups in total. The third-order valence-electron chi connectivity index (χ3n) is 7.03. The first-order chi connectivity index (χ1) is 11.2. The minimum atomic E-state index is -1.18. The number of Topliss-reactive ketones (excluding diaryl/α,β-unsaturated/α-hetero) is 1. The monoisotopic (exact) mass is 336 g/mol. The average molecular weight is 336 g/mol. The van der Waals surface area contributed by atoms with Crippen molar-refractivity contribution >= 4 is 5.78 Å². The molecule has 8 atom stereocenters. The highest BCUT2D eigenvalue weighted by Crippen LogP contribution is 2.60. The predicted octanol–water partition coefficient (Wildman–Crippen LogP) is 2.72. The summed E-state index contributed by atoms with van der Waals surface area (Å²) in [6, 6.07) is 0. The zero-order valence-corrected chi connectivity index (χ0v) is 15.6. The van der Waals surface area contributed by atoms with Gasteiger partial charge in [0.2, 0.25) is 0 Å². The van der Waals surface area contributed by atoms with E-state index in [1.54, 1.807) is 0 Å². The lowest BCUT2D eigenvalue weighted by atomic mass is 9.55. The zero-order valence-electron chi connectivity index (χ0n) is 15.6. The van der Waals surface area contributed by atoms with Crippen LogP contribution in [0.5, 0.6) is 0 Å². The summed E-state index contributed by atoms with van der Waals surface area (Å²) in [4.78, 5) is 13.4. The SMILES string of the molecule is CC(C)=C[C@@H]1O[C@](C)(CCO)[C@@H]2C(=O)[C@H]3[C@H](CC[C@H]3C)[C@@H](C)[C@@]12O. The summed E-state index contributed by atoms with van der Waals surface area (Å²) < 4.78 is 6.28. The minimum absolute atomic E-state index is 0.0104. The van der Waals surface area contributed by atoms with Gasteiger partial charge < -0.3 is 14.9 Å². The molecule has 1 aliphatic heterocycles. The molecule has 0 spiro atoms. The number of aliphatic hydroxyl groups excluding tert-OH is 1. The summed E-state index contributed by atoms with van der Waals surface area (Å²) in [6.07, 6.45) is 3.90. The molecule has 4 heteroatoms. The molecule has 24 heavy (non-hydrogen) atoms. The van der Waals surface area contributed by atoms with Crippen molar-refractivity contribution in [1.29, 1.82) is 0 Å². The third-order valence-corrected chi connectivity index (χ3v) is 7.03. The fraction of sp³-hybridized carbons (Fsp3) is 0.850. The van der Waals surface area contributed by atoms with Gasteiger partial charge in [-0.25, -0.2) is 0 Å². The highest BCUT2D eigenvalue weighted by Gasteiger charge is 2.70. The van der Waals surface area contributed by atoms with E-state index < -0.39 is 23.2 Å². The molecule has 0 radical (unpaired) electrons. The molecule has 0 unspecified atom stereocenters. The van der Waals surface area contributed by atoms with Crippen LogP contribution in [0.1, 0.15) is 53.9 Å². The van der Waals surface area contributed by atoms with Gasteiger partial charge in [0.15, 0.2) is 0 Å². The molecule has 0 aromatic heterocycles. The Morgan fingerprint density at radius 1 is 1.33 bits per heavy atom. The van der Waals surface area contributed by atoms with E-state index in [1.807, 2.05) is 26.8 Å². The van der Waals surface area contributed by atoms with Crippen molar-refractivity contribution in [2.45, 2.75) is 71.2 Å². The van der Waals surface area contributed by atoms with Gasteiger partial charge in [-0.05, 0) is 51.4 Å². The van der Waals surface area contributed by atoms with E-state index in [-0.39, 0.29) is 30.1 Å². The lowest BCUT2D eigenvalue weighted by molar-refractivity contribution is -0.161. The van der Waals surface area contributed by atoms with Crippen molar-refractivity contribution in [3.63, 3.8) is 0 Å². The van der Waals surface area contributed by atoms with Gasteiger partial charge in [-0.3, -0.25) is 4.79 Å². The van der Waals surface area contributed by atoms with E-state index in [4.69, 9.17) is 4.74 Å². The summed E-state index contributed by atoms with van der Waals surface area (Å²) in [5.41, 5.74) is -0.913. The molecule has 0 bridgehead atoms. The van der Waals surface area contributed by atoms with Crippen LogP contribution in [0.15, 0.2) is 11.6 Å². The molecule has 3 aliphatic rings. The maximum Gasteiger partial charge on any atom is 0.145 e. The molecule has 1 heterocycles. The lowest BCUT2D eigenvalue weighted by Crippen LogP contribution is -2.62.